The van der Waals surface area contributed by atoms with Gasteiger partial charge in [0.1, 0.15) is 11.3 Å². The number of nitrogens with zero attached hydrogens (tertiary/aromatic N) is 1. The summed E-state index contributed by atoms with van der Waals surface area (Å²) in [6.07, 6.45) is -0.225. The molecule has 0 atom stereocenters. The number of rotatable bonds is 8. The SMILES string of the molecule is CC(=O)c1c(C)oc(NC(=O)Cc2csc(NS(=O)(=O)c3ccccc3)n2)c1C(N)=O. The van der Waals surface area contributed by atoms with E-state index < -0.39 is 27.6 Å². The van der Waals surface area contributed by atoms with E-state index in [9.17, 15) is 22.8 Å². The smallest absolute Gasteiger partial charge is 0.263 e. The Labute approximate surface area is 181 Å². The predicted octanol–water partition coefficient (Wildman–Crippen LogP) is 2.33. The highest BCUT2D eigenvalue weighted by atomic mass is 32.2. The first kappa shape index (κ1) is 22.2. The molecule has 0 saturated carbocycles. The number of aryl methyl sites for hydroxylation is 1. The minimum atomic E-state index is -3.80. The summed E-state index contributed by atoms with van der Waals surface area (Å²) >= 11 is 1.01. The van der Waals surface area contributed by atoms with E-state index in [4.69, 9.17) is 10.2 Å². The molecule has 10 nitrogen and oxygen atoms in total. The summed E-state index contributed by atoms with van der Waals surface area (Å²) in [5, 5.41) is 4.02. The van der Waals surface area contributed by atoms with Crippen LogP contribution in [0, 0.1) is 6.92 Å². The largest absolute Gasteiger partial charge is 0.444 e. The van der Waals surface area contributed by atoms with Crippen molar-refractivity contribution in [2.75, 3.05) is 10.0 Å². The lowest BCUT2D eigenvalue weighted by Crippen LogP contribution is -2.20. The predicted molar refractivity (Wildman–Crippen MR) is 114 cm³/mol. The van der Waals surface area contributed by atoms with Crippen LogP contribution in [0.1, 0.15) is 39.1 Å². The van der Waals surface area contributed by atoms with Gasteiger partial charge in [0.15, 0.2) is 10.9 Å². The van der Waals surface area contributed by atoms with Crippen LogP contribution in [0.25, 0.3) is 0 Å². The van der Waals surface area contributed by atoms with E-state index in [0.717, 1.165) is 11.3 Å². The second kappa shape index (κ2) is 8.70. The van der Waals surface area contributed by atoms with Crippen LogP contribution in [0.5, 0.6) is 0 Å². The van der Waals surface area contributed by atoms with Crippen LogP contribution in [0.3, 0.4) is 0 Å². The first-order valence-electron chi connectivity index (χ1n) is 8.84. The highest BCUT2D eigenvalue weighted by Gasteiger charge is 2.26. The molecule has 0 unspecified atom stereocenters. The average Bonchev–Trinajstić information content (AvgIpc) is 3.25. The molecule has 3 aromatic rings. The number of carbonyl (C=O) groups excluding carboxylic acids is 3. The first-order chi connectivity index (χ1) is 14.6. The Hall–Kier alpha value is -3.51. The van der Waals surface area contributed by atoms with Crippen molar-refractivity contribution in [3.63, 3.8) is 0 Å². The maximum atomic E-state index is 12.4. The Balaban J connectivity index is 1.72. The monoisotopic (exact) mass is 462 g/mol. The van der Waals surface area contributed by atoms with Gasteiger partial charge >= 0.3 is 0 Å². The number of hydrogen-bond acceptors (Lipinski definition) is 8. The fourth-order valence-corrected chi connectivity index (χ4v) is 4.82. The number of nitrogens with two attached hydrogens (primary N) is 1. The Kier molecular flexibility index (Phi) is 6.22. The minimum absolute atomic E-state index is 0.00839. The molecule has 0 fully saturated rings. The zero-order valence-electron chi connectivity index (χ0n) is 16.5. The van der Waals surface area contributed by atoms with Crippen LogP contribution in [-0.4, -0.2) is 31.0 Å². The van der Waals surface area contributed by atoms with Gasteiger partial charge in [0.25, 0.3) is 15.9 Å². The molecule has 162 valence electrons. The lowest BCUT2D eigenvalue weighted by Gasteiger charge is -2.04. The number of furan rings is 1. The Bertz CT molecular complexity index is 1260. The van der Waals surface area contributed by atoms with Gasteiger partial charge in [-0.15, -0.1) is 11.3 Å². The van der Waals surface area contributed by atoms with Crippen molar-refractivity contribution in [3.05, 3.63) is 58.3 Å². The quantitative estimate of drug-likeness (QED) is 0.433. The number of Topliss-reactive ketones (excluding diaryl/α,β-unsaturated/α-hetero) is 1. The third-order valence-electron chi connectivity index (χ3n) is 4.10. The fraction of sp³-hybridized carbons (Fsp3) is 0.158. The van der Waals surface area contributed by atoms with E-state index in [-0.39, 0.29) is 39.2 Å². The average molecular weight is 463 g/mol. The second-order valence-electron chi connectivity index (χ2n) is 6.45. The number of primary amides is 1. The lowest BCUT2D eigenvalue weighted by atomic mass is 10.1. The molecule has 3 rings (SSSR count). The van der Waals surface area contributed by atoms with Crippen molar-refractivity contribution in [1.29, 1.82) is 0 Å². The number of thiazole rings is 1. The number of benzene rings is 1. The van der Waals surface area contributed by atoms with Crippen LogP contribution < -0.4 is 15.8 Å². The molecule has 0 saturated heterocycles. The zero-order chi connectivity index (χ0) is 22.8. The molecule has 2 aromatic heterocycles. The van der Waals surface area contributed by atoms with E-state index >= 15 is 0 Å². The van der Waals surface area contributed by atoms with Crippen molar-refractivity contribution in [2.45, 2.75) is 25.2 Å². The van der Waals surface area contributed by atoms with Crippen molar-refractivity contribution < 1.29 is 27.2 Å². The van der Waals surface area contributed by atoms with Crippen LogP contribution in [0.15, 0.2) is 45.0 Å². The van der Waals surface area contributed by atoms with Gasteiger partial charge in [-0.3, -0.25) is 24.4 Å². The molecule has 0 radical (unpaired) electrons. The van der Waals surface area contributed by atoms with Crippen LogP contribution in [0.2, 0.25) is 0 Å². The van der Waals surface area contributed by atoms with Crippen molar-refractivity contribution in [3.8, 4) is 0 Å². The number of amides is 2. The van der Waals surface area contributed by atoms with Gasteiger partial charge in [-0.1, -0.05) is 18.2 Å². The van der Waals surface area contributed by atoms with Gasteiger partial charge in [-0.2, -0.15) is 0 Å². The number of ketones is 1. The summed E-state index contributed by atoms with van der Waals surface area (Å²) in [4.78, 5) is 40.1. The van der Waals surface area contributed by atoms with E-state index in [0.29, 0.717) is 5.69 Å². The molecule has 4 N–H and O–H groups in total. The molecule has 2 heterocycles. The number of aromatic nitrogens is 1. The fourth-order valence-electron chi connectivity index (χ4n) is 2.84. The normalized spacial score (nSPS) is 11.2. The molecule has 12 heteroatoms. The summed E-state index contributed by atoms with van der Waals surface area (Å²) < 4.78 is 32.4. The van der Waals surface area contributed by atoms with E-state index in [2.05, 4.69) is 15.0 Å². The molecule has 0 aliphatic carbocycles. The summed E-state index contributed by atoms with van der Waals surface area (Å²) in [6, 6.07) is 7.78. The highest BCUT2D eigenvalue weighted by Crippen LogP contribution is 2.27. The zero-order valence-corrected chi connectivity index (χ0v) is 18.1. The van der Waals surface area contributed by atoms with Gasteiger partial charge in [0, 0.05) is 5.38 Å². The van der Waals surface area contributed by atoms with Gasteiger partial charge in [-0.05, 0) is 26.0 Å². The summed E-state index contributed by atoms with van der Waals surface area (Å²) in [5.41, 5.74) is 5.43. The summed E-state index contributed by atoms with van der Waals surface area (Å²) in [5.74, 6) is -1.99. The molecule has 0 aliphatic heterocycles. The molecular formula is C19H18N4O6S2. The van der Waals surface area contributed by atoms with Crippen LogP contribution in [0.4, 0.5) is 11.0 Å². The van der Waals surface area contributed by atoms with Crippen molar-refractivity contribution in [1.82, 2.24) is 4.98 Å². The molecule has 1 aromatic carbocycles. The van der Waals surface area contributed by atoms with Crippen LogP contribution in [-0.2, 0) is 21.2 Å². The number of nitrogens with one attached hydrogen (secondary N) is 2. The molecule has 31 heavy (non-hydrogen) atoms. The summed E-state index contributed by atoms with van der Waals surface area (Å²) in [7, 11) is -3.80. The van der Waals surface area contributed by atoms with E-state index in [1.54, 1.807) is 18.2 Å². The van der Waals surface area contributed by atoms with E-state index in [1.807, 2.05) is 0 Å². The van der Waals surface area contributed by atoms with Gasteiger partial charge in [0.2, 0.25) is 11.8 Å². The lowest BCUT2D eigenvalue weighted by molar-refractivity contribution is -0.115. The third kappa shape index (κ3) is 4.98. The Morgan fingerprint density at radius 3 is 2.45 bits per heavy atom. The first-order valence-corrected chi connectivity index (χ1v) is 11.2. The Morgan fingerprint density at radius 2 is 1.84 bits per heavy atom. The van der Waals surface area contributed by atoms with Crippen molar-refractivity contribution in [2.24, 2.45) is 5.73 Å². The molecule has 0 bridgehead atoms. The van der Waals surface area contributed by atoms with Gasteiger partial charge in [-0.25, -0.2) is 13.4 Å². The molecule has 0 spiro atoms. The van der Waals surface area contributed by atoms with Gasteiger partial charge in [0.05, 0.1) is 22.6 Å². The molecule has 2 amide bonds. The summed E-state index contributed by atoms with van der Waals surface area (Å²) in [6.45, 7) is 2.73. The number of sulfonamides is 1. The number of anilines is 2. The van der Waals surface area contributed by atoms with E-state index in [1.165, 1.54) is 31.4 Å². The van der Waals surface area contributed by atoms with Gasteiger partial charge < -0.3 is 10.2 Å². The maximum Gasteiger partial charge on any atom is 0.263 e. The molecule has 0 aliphatic rings. The standard InChI is InChI=1S/C19H18N4O6S2/c1-10(24)15-11(2)29-18(16(15)17(20)26)22-14(25)8-12-9-30-19(21-12)23-31(27,28)13-6-4-3-5-7-13/h3-7,9H,8H2,1-2H3,(H2,20,26)(H,21,23)(H,22,25). The maximum absolute atomic E-state index is 12.4. The highest BCUT2D eigenvalue weighted by molar-refractivity contribution is 7.93. The molecular weight excluding hydrogens is 444 g/mol. The Morgan fingerprint density at radius 1 is 1.16 bits per heavy atom. The minimum Gasteiger partial charge on any atom is -0.444 e. The number of carbonyl (C=O) groups is 3. The van der Waals surface area contributed by atoms with Crippen molar-refractivity contribution >= 4 is 50.0 Å². The second-order valence-corrected chi connectivity index (χ2v) is 8.99. The topological polar surface area (TPSA) is 161 Å². The van der Waals surface area contributed by atoms with Crippen LogP contribution >= 0.6 is 11.3 Å². The third-order valence-corrected chi connectivity index (χ3v) is 6.39. The number of hydrogen-bond donors (Lipinski definition) is 3.